The molecule has 168 valence electrons. The highest BCUT2D eigenvalue weighted by Crippen LogP contribution is 2.29. The number of carbonyl (C=O) groups is 3. The first-order valence-corrected chi connectivity index (χ1v) is 11.6. The lowest BCUT2D eigenvalue weighted by molar-refractivity contribution is -0.136. The fourth-order valence-corrected chi connectivity index (χ4v) is 4.65. The van der Waals surface area contributed by atoms with Crippen LogP contribution in [-0.2, 0) is 16.1 Å². The molecule has 0 bridgehead atoms. The third-order valence-corrected chi connectivity index (χ3v) is 6.47. The number of piperazine rings is 1. The average Bonchev–Trinajstić information content (AvgIpc) is 3.09. The van der Waals surface area contributed by atoms with Crippen molar-refractivity contribution in [1.29, 1.82) is 0 Å². The van der Waals surface area contributed by atoms with E-state index in [0.717, 1.165) is 37.3 Å². The largest absolute Gasteiger partial charge is 0.385 e. The van der Waals surface area contributed by atoms with E-state index in [1.54, 1.807) is 4.90 Å². The Labute approximate surface area is 183 Å². The molecule has 0 spiro atoms. The molecular formula is C23H33N5O3. The number of piperidine rings is 1. The van der Waals surface area contributed by atoms with Gasteiger partial charge in [0.05, 0.1) is 0 Å². The maximum Gasteiger partial charge on any atom is 0.255 e. The van der Waals surface area contributed by atoms with Crippen LogP contribution in [0.15, 0.2) is 18.2 Å². The van der Waals surface area contributed by atoms with E-state index in [4.69, 9.17) is 0 Å². The first-order valence-electron chi connectivity index (χ1n) is 11.6. The van der Waals surface area contributed by atoms with Crippen LogP contribution in [0.2, 0.25) is 0 Å². The van der Waals surface area contributed by atoms with Gasteiger partial charge in [-0.15, -0.1) is 0 Å². The lowest BCUT2D eigenvalue weighted by Gasteiger charge is -2.29. The Hall–Kier alpha value is -2.45. The number of benzene rings is 1. The van der Waals surface area contributed by atoms with Gasteiger partial charge in [0.1, 0.15) is 6.04 Å². The predicted octanol–water partition coefficient (Wildman–Crippen LogP) is 1.33. The summed E-state index contributed by atoms with van der Waals surface area (Å²) >= 11 is 0. The molecule has 8 nitrogen and oxygen atoms in total. The Morgan fingerprint density at radius 1 is 1.03 bits per heavy atom. The summed E-state index contributed by atoms with van der Waals surface area (Å²) in [5.74, 6) is -0.755. The van der Waals surface area contributed by atoms with Crippen LogP contribution in [0.4, 0.5) is 5.69 Å². The molecule has 1 unspecified atom stereocenters. The van der Waals surface area contributed by atoms with E-state index < -0.39 is 6.04 Å². The first-order chi connectivity index (χ1) is 15.1. The summed E-state index contributed by atoms with van der Waals surface area (Å²) in [6.07, 6.45) is 5.47. The quantitative estimate of drug-likeness (QED) is 0.407. The summed E-state index contributed by atoms with van der Waals surface area (Å²) in [5, 5.41) is 9.16. The topological polar surface area (TPSA) is 93.8 Å². The second kappa shape index (κ2) is 10.2. The molecule has 2 saturated heterocycles. The molecule has 0 aliphatic carbocycles. The zero-order valence-electron chi connectivity index (χ0n) is 18.1. The maximum absolute atomic E-state index is 12.9. The van der Waals surface area contributed by atoms with Gasteiger partial charge in [0.25, 0.3) is 5.91 Å². The van der Waals surface area contributed by atoms with Crippen LogP contribution in [0.3, 0.4) is 0 Å². The molecule has 1 atom stereocenters. The van der Waals surface area contributed by atoms with E-state index in [2.05, 4.69) is 20.9 Å². The van der Waals surface area contributed by atoms with E-state index in [1.807, 2.05) is 18.2 Å². The predicted molar refractivity (Wildman–Crippen MR) is 119 cm³/mol. The minimum absolute atomic E-state index is 0.124. The van der Waals surface area contributed by atoms with Crippen molar-refractivity contribution in [3.8, 4) is 0 Å². The smallest absolute Gasteiger partial charge is 0.255 e. The molecule has 3 aliphatic heterocycles. The fourth-order valence-electron chi connectivity index (χ4n) is 4.65. The number of nitrogens with zero attached hydrogens (tertiary/aromatic N) is 2. The van der Waals surface area contributed by atoms with Crippen molar-refractivity contribution in [3.63, 3.8) is 0 Å². The van der Waals surface area contributed by atoms with Crippen molar-refractivity contribution >= 4 is 23.4 Å². The van der Waals surface area contributed by atoms with Gasteiger partial charge in [-0.1, -0.05) is 18.9 Å². The molecule has 3 heterocycles. The first kappa shape index (κ1) is 21.8. The normalized spacial score (nSPS) is 21.9. The van der Waals surface area contributed by atoms with E-state index in [0.29, 0.717) is 18.5 Å². The third kappa shape index (κ3) is 5.43. The Bertz CT molecular complexity index is 821. The number of rotatable bonds is 9. The van der Waals surface area contributed by atoms with Crippen LogP contribution in [-0.4, -0.2) is 72.8 Å². The Kier molecular flexibility index (Phi) is 7.19. The molecule has 1 aromatic carbocycles. The van der Waals surface area contributed by atoms with Gasteiger partial charge >= 0.3 is 0 Å². The molecular weight excluding hydrogens is 394 g/mol. The van der Waals surface area contributed by atoms with Gasteiger partial charge in [-0.3, -0.25) is 19.7 Å². The molecule has 3 N–H and O–H groups in total. The Balaban J connectivity index is 1.19. The number of imide groups is 1. The minimum Gasteiger partial charge on any atom is -0.385 e. The lowest BCUT2D eigenvalue weighted by Crippen LogP contribution is -2.52. The molecule has 0 aromatic heterocycles. The molecule has 4 rings (SSSR count). The molecule has 8 heteroatoms. The van der Waals surface area contributed by atoms with Gasteiger partial charge < -0.3 is 20.4 Å². The lowest BCUT2D eigenvalue weighted by atomic mass is 10.0. The number of anilines is 1. The van der Waals surface area contributed by atoms with Crippen molar-refractivity contribution in [3.05, 3.63) is 29.3 Å². The summed E-state index contributed by atoms with van der Waals surface area (Å²) in [4.78, 5) is 40.5. The van der Waals surface area contributed by atoms with Gasteiger partial charge in [0, 0.05) is 56.9 Å². The third-order valence-electron chi connectivity index (χ3n) is 6.47. The van der Waals surface area contributed by atoms with Crippen molar-refractivity contribution < 1.29 is 14.4 Å². The van der Waals surface area contributed by atoms with Gasteiger partial charge in [-0.2, -0.15) is 0 Å². The molecule has 0 radical (unpaired) electrons. The van der Waals surface area contributed by atoms with E-state index >= 15 is 0 Å². The van der Waals surface area contributed by atoms with Gasteiger partial charge in [-0.05, 0) is 43.5 Å². The standard InChI is InChI=1S/C23H33N5O3/c29-21-8-7-20(22(30)26-21)28-16-17-5-6-18(15-19(17)23(28)31)25-9-3-1-2-4-12-27-13-10-24-11-14-27/h5-6,15,20,24-25H,1-4,7-14,16H2,(H,26,29,30). The summed E-state index contributed by atoms with van der Waals surface area (Å²) in [6, 6.07) is 5.31. The zero-order valence-corrected chi connectivity index (χ0v) is 18.1. The van der Waals surface area contributed by atoms with E-state index in [1.165, 1.54) is 38.9 Å². The van der Waals surface area contributed by atoms with Crippen LogP contribution in [0, 0.1) is 0 Å². The van der Waals surface area contributed by atoms with Gasteiger partial charge in [0.15, 0.2) is 0 Å². The Morgan fingerprint density at radius 2 is 1.84 bits per heavy atom. The highest BCUT2D eigenvalue weighted by Gasteiger charge is 2.39. The number of hydrogen-bond acceptors (Lipinski definition) is 6. The van der Waals surface area contributed by atoms with Crippen LogP contribution >= 0.6 is 0 Å². The number of nitrogens with one attached hydrogen (secondary N) is 3. The molecule has 2 fully saturated rings. The van der Waals surface area contributed by atoms with E-state index in [-0.39, 0.29) is 24.1 Å². The number of unbranched alkanes of at least 4 members (excludes halogenated alkanes) is 3. The number of amides is 3. The molecule has 31 heavy (non-hydrogen) atoms. The minimum atomic E-state index is -0.560. The summed E-state index contributed by atoms with van der Waals surface area (Å²) < 4.78 is 0. The summed E-state index contributed by atoms with van der Waals surface area (Å²) in [7, 11) is 0. The monoisotopic (exact) mass is 427 g/mol. The number of carbonyl (C=O) groups excluding carboxylic acids is 3. The van der Waals surface area contributed by atoms with E-state index in [9.17, 15) is 14.4 Å². The van der Waals surface area contributed by atoms with Crippen LogP contribution < -0.4 is 16.0 Å². The molecule has 1 aromatic rings. The van der Waals surface area contributed by atoms with Crippen molar-refractivity contribution in [1.82, 2.24) is 20.4 Å². The Morgan fingerprint density at radius 3 is 2.65 bits per heavy atom. The van der Waals surface area contributed by atoms with Crippen molar-refractivity contribution in [2.75, 3.05) is 44.6 Å². The summed E-state index contributed by atoms with van der Waals surface area (Å²) in [5.41, 5.74) is 2.54. The second-order valence-electron chi connectivity index (χ2n) is 8.70. The van der Waals surface area contributed by atoms with Crippen LogP contribution in [0.25, 0.3) is 0 Å². The second-order valence-corrected chi connectivity index (χ2v) is 8.70. The maximum atomic E-state index is 12.9. The SMILES string of the molecule is O=C1CCC(N2Cc3ccc(NCCCCCCN4CCNCC4)cc3C2=O)C(=O)N1. The fraction of sp³-hybridized carbons (Fsp3) is 0.609. The zero-order chi connectivity index (χ0) is 21.6. The average molecular weight is 428 g/mol. The molecule has 3 amide bonds. The van der Waals surface area contributed by atoms with Crippen LogP contribution in [0.5, 0.6) is 0 Å². The van der Waals surface area contributed by atoms with Gasteiger partial charge in [0.2, 0.25) is 11.8 Å². The van der Waals surface area contributed by atoms with Crippen LogP contribution in [0.1, 0.15) is 54.4 Å². The highest BCUT2D eigenvalue weighted by atomic mass is 16.2. The van der Waals surface area contributed by atoms with Gasteiger partial charge in [-0.25, -0.2) is 0 Å². The van der Waals surface area contributed by atoms with Crippen molar-refractivity contribution in [2.45, 2.75) is 51.1 Å². The molecule has 0 saturated carbocycles. The number of fused-ring (bicyclic) bond motifs is 1. The number of hydrogen-bond donors (Lipinski definition) is 3. The highest BCUT2D eigenvalue weighted by molar-refractivity contribution is 6.05. The molecule has 3 aliphatic rings. The summed E-state index contributed by atoms with van der Waals surface area (Å²) in [6.45, 7) is 7.06. The van der Waals surface area contributed by atoms with Crippen molar-refractivity contribution in [2.24, 2.45) is 0 Å².